The summed E-state index contributed by atoms with van der Waals surface area (Å²) in [6.07, 6.45) is 0.825. The zero-order valence-corrected chi connectivity index (χ0v) is 14.8. The highest BCUT2D eigenvalue weighted by molar-refractivity contribution is 6.30. The van der Waals surface area contributed by atoms with Crippen LogP contribution in [0.25, 0.3) is 0 Å². The third-order valence-electron chi connectivity index (χ3n) is 3.84. The van der Waals surface area contributed by atoms with Gasteiger partial charge in [-0.15, -0.1) is 0 Å². The smallest absolute Gasteiger partial charge is 0.244 e. The van der Waals surface area contributed by atoms with Crippen molar-refractivity contribution in [2.45, 2.75) is 25.3 Å². The molecular formula is C19H22ClN3O2. The van der Waals surface area contributed by atoms with E-state index in [0.717, 1.165) is 5.56 Å². The van der Waals surface area contributed by atoms with E-state index in [4.69, 9.17) is 17.3 Å². The van der Waals surface area contributed by atoms with Crippen molar-refractivity contribution in [3.05, 3.63) is 65.2 Å². The van der Waals surface area contributed by atoms with Crippen LogP contribution in [0.4, 0.5) is 5.69 Å². The third kappa shape index (κ3) is 5.59. The molecule has 25 heavy (non-hydrogen) atoms. The molecule has 0 aliphatic heterocycles. The van der Waals surface area contributed by atoms with Gasteiger partial charge in [-0.3, -0.25) is 9.59 Å². The van der Waals surface area contributed by atoms with Gasteiger partial charge in [-0.25, -0.2) is 0 Å². The van der Waals surface area contributed by atoms with Crippen LogP contribution in [0.2, 0.25) is 5.02 Å². The predicted octanol–water partition coefficient (Wildman–Crippen LogP) is 3.05. The van der Waals surface area contributed by atoms with Crippen LogP contribution in [-0.4, -0.2) is 18.4 Å². The molecule has 5 nitrogen and oxygen atoms in total. The standard InChI is InChI=1S/C19H22ClN3O2/c1-19(21,14-6-3-2-4-7-14)18(25)22-13-5-8-17(24)23-16-11-9-15(20)10-12-16/h2-4,6-7,9-12H,5,8,13,21H2,1H3,(H,22,25)(H,23,24). The van der Waals surface area contributed by atoms with E-state index in [-0.39, 0.29) is 11.8 Å². The number of hydrogen-bond donors (Lipinski definition) is 3. The molecule has 0 aromatic heterocycles. The van der Waals surface area contributed by atoms with Crippen molar-refractivity contribution < 1.29 is 9.59 Å². The Bertz CT molecular complexity index is 715. The van der Waals surface area contributed by atoms with Crippen molar-refractivity contribution >= 4 is 29.1 Å². The molecule has 0 saturated carbocycles. The van der Waals surface area contributed by atoms with Gasteiger partial charge < -0.3 is 16.4 Å². The molecule has 0 heterocycles. The summed E-state index contributed by atoms with van der Waals surface area (Å²) in [4.78, 5) is 24.2. The number of carbonyl (C=O) groups is 2. The number of benzene rings is 2. The molecule has 1 atom stereocenters. The van der Waals surface area contributed by atoms with Gasteiger partial charge >= 0.3 is 0 Å². The van der Waals surface area contributed by atoms with Crippen molar-refractivity contribution in [2.24, 2.45) is 5.73 Å². The van der Waals surface area contributed by atoms with E-state index < -0.39 is 5.54 Å². The Balaban J connectivity index is 1.74. The minimum Gasteiger partial charge on any atom is -0.354 e. The van der Waals surface area contributed by atoms with E-state index in [9.17, 15) is 9.59 Å². The fourth-order valence-electron chi connectivity index (χ4n) is 2.31. The van der Waals surface area contributed by atoms with Gasteiger partial charge in [-0.05, 0) is 43.2 Å². The summed E-state index contributed by atoms with van der Waals surface area (Å²) >= 11 is 5.80. The lowest BCUT2D eigenvalue weighted by Crippen LogP contribution is -2.49. The predicted molar refractivity (Wildman–Crippen MR) is 100 cm³/mol. The number of nitrogens with one attached hydrogen (secondary N) is 2. The lowest BCUT2D eigenvalue weighted by Gasteiger charge is -2.24. The molecule has 0 radical (unpaired) electrons. The maximum Gasteiger partial charge on any atom is 0.244 e. The van der Waals surface area contributed by atoms with Crippen molar-refractivity contribution in [1.29, 1.82) is 0 Å². The topological polar surface area (TPSA) is 84.2 Å². The van der Waals surface area contributed by atoms with Crippen LogP contribution in [0.1, 0.15) is 25.3 Å². The van der Waals surface area contributed by atoms with Crippen LogP contribution in [-0.2, 0) is 15.1 Å². The first-order valence-electron chi connectivity index (χ1n) is 8.08. The van der Waals surface area contributed by atoms with E-state index >= 15 is 0 Å². The Morgan fingerprint density at radius 2 is 1.72 bits per heavy atom. The van der Waals surface area contributed by atoms with Crippen LogP contribution < -0.4 is 16.4 Å². The third-order valence-corrected chi connectivity index (χ3v) is 4.09. The number of nitrogens with two attached hydrogens (primary N) is 1. The van der Waals surface area contributed by atoms with Gasteiger partial charge in [0.25, 0.3) is 0 Å². The average molecular weight is 360 g/mol. The van der Waals surface area contributed by atoms with Crippen LogP contribution in [0.3, 0.4) is 0 Å². The summed E-state index contributed by atoms with van der Waals surface area (Å²) in [5.74, 6) is -0.382. The SMILES string of the molecule is CC(N)(C(=O)NCCCC(=O)Nc1ccc(Cl)cc1)c1ccccc1. The van der Waals surface area contributed by atoms with E-state index in [1.807, 2.05) is 30.3 Å². The summed E-state index contributed by atoms with van der Waals surface area (Å²) in [5, 5.41) is 6.18. The number of carbonyl (C=O) groups excluding carboxylic acids is 2. The van der Waals surface area contributed by atoms with Gasteiger partial charge in [0.15, 0.2) is 0 Å². The lowest BCUT2D eigenvalue weighted by atomic mass is 9.92. The fraction of sp³-hybridized carbons (Fsp3) is 0.263. The number of amides is 2. The van der Waals surface area contributed by atoms with Crippen molar-refractivity contribution in [3.8, 4) is 0 Å². The molecule has 0 fully saturated rings. The number of rotatable bonds is 7. The monoisotopic (exact) mass is 359 g/mol. The number of hydrogen-bond acceptors (Lipinski definition) is 3. The second kappa shape index (κ2) is 8.65. The average Bonchev–Trinajstić information content (AvgIpc) is 2.61. The molecule has 2 rings (SSSR count). The molecule has 132 valence electrons. The van der Waals surface area contributed by atoms with Crippen molar-refractivity contribution in [3.63, 3.8) is 0 Å². The normalized spacial score (nSPS) is 12.9. The van der Waals surface area contributed by atoms with E-state index in [0.29, 0.717) is 30.1 Å². The summed E-state index contributed by atoms with van der Waals surface area (Å²) < 4.78 is 0. The molecule has 0 spiro atoms. The summed E-state index contributed by atoms with van der Waals surface area (Å²) in [6.45, 7) is 2.05. The molecule has 2 amide bonds. The lowest BCUT2D eigenvalue weighted by molar-refractivity contribution is -0.126. The fourth-order valence-corrected chi connectivity index (χ4v) is 2.43. The highest BCUT2D eigenvalue weighted by Gasteiger charge is 2.29. The van der Waals surface area contributed by atoms with Gasteiger partial charge in [0, 0.05) is 23.7 Å². The molecule has 4 N–H and O–H groups in total. The molecule has 1 unspecified atom stereocenters. The van der Waals surface area contributed by atoms with Crippen molar-refractivity contribution in [2.75, 3.05) is 11.9 Å². The number of anilines is 1. The minimum absolute atomic E-state index is 0.116. The highest BCUT2D eigenvalue weighted by atomic mass is 35.5. The summed E-state index contributed by atoms with van der Waals surface area (Å²) in [7, 11) is 0. The Morgan fingerprint density at radius 1 is 1.08 bits per heavy atom. The molecule has 0 saturated heterocycles. The van der Waals surface area contributed by atoms with E-state index in [1.54, 1.807) is 31.2 Å². The maximum absolute atomic E-state index is 12.3. The van der Waals surface area contributed by atoms with Gasteiger partial charge in [0.2, 0.25) is 11.8 Å². The zero-order valence-electron chi connectivity index (χ0n) is 14.1. The van der Waals surface area contributed by atoms with E-state index in [2.05, 4.69) is 10.6 Å². The molecule has 0 aliphatic rings. The molecule has 0 bridgehead atoms. The first kappa shape index (κ1) is 19.0. The molecule has 0 aliphatic carbocycles. The van der Waals surface area contributed by atoms with Crippen molar-refractivity contribution in [1.82, 2.24) is 5.32 Å². The van der Waals surface area contributed by atoms with Crippen LogP contribution in [0.5, 0.6) is 0 Å². The van der Waals surface area contributed by atoms with Gasteiger partial charge in [0.1, 0.15) is 5.54 Å². The summed E-state index contributed by atoms with van der Waals surface area (Å²) in [5.41, 5.74) is 6.47. The van der Waals surface area contributed by atoms with Crippen LogP contribution in [0.15, 0.2) is 54.6 Å². The van der Waals surface area contributed by atoms with Gasteiger partial charge in [0.05, 0.1) is 0 Å². The molecular weight excluding hydrogens is 338 g/mol. The van der Waals surface area contributed by atoms with Gasteiger partial charge in [-0.1, -0.05) is 41.9 Å². The largest absolute Gasteiger partial charge is 0.354 e. The quantitative estimate of drug-likeness (QED) is 0.664. The highest BCUT2D eigenvalue weighted by Crippen LogP contribution is 2.17. The second-order valence-corrected chi connectivity index (χ2v) is 6.42. The molecule has 2 aromatic carbocycles. The zero-order chi connectivity index (χ0) is 18.3. The first-order chi connectivity index (χ1) is 11.9. The second-order valence-electron chi connectivity index (χ2n) is 5.98. The Labute approximate surface area is 152 Å². The first-order valence-corrected chi connectivity index (χ1v) is 8.45. The molecule has 6 heteroatoms. The minimum atomic E-state index is -1.10. The van der Waals surface area contributed by atoms with Crippen LogP contribution >= 0.6 is 11.6 Å². The maximum atomic E-state index is 12.3. The van der Waals surface area contributed by atoms with Gasteiger partial charge in [-0.2, -0.15) is 0 Å². The Morgan fingerprint density at radius 3 is 2.36 bits per heavy atom. The Hall–Kier alpha value is -2.37. The molecule has 2 aromatic rings. The van der Waals surface area contributed by atoms with Crippen LogP contribution in [0, 0.1) is 0 Å². The number of halogens is 1. The summed E-state index contributed by atoms with van der Waals surface area (Å²) in [6, 6.07) is 16.1. The Kier molecular flexibility index (Phi) is 6.56. The van der Waals surface area contributed by atoms with E-state index in [1.165, 1.54) is 0 Å².